The van der Waals surface area contributed by atoms with E-state index in [9.17, 15) is 0 Å². The van der Waals surface area contributed by atoms with Crippen LogP contribution in [-0.4, -0.2) is 25.0 Å². The Balaban J connectivity index is 1.81. The molecule has 0 aromatic carbocycles. The van der Waals surface area contributed by atoms with E-state index in [0.29, 0.717) is 0 Å². The first-order valence-corrected chi connectivity index (χ1v) is 9.38. The minimum absolute atomic E-state index is 1.01. The number of likely N-dealkylation sites (N-methyl/N-ethyl adjacent to an activating group) is 1. The number of nitrogens with one attached hydrogen (secondary N) is 1. The molecule has 116 valence electrons. The highest BCUT2D eigenvalue weighted by molar-refractivity contribution is 7.12. The van der Waals surface area contributed by atoms with Crippen molar-refractivity contribution in [3.05, 3.63) is 43.8 Å². The van der Waals surface area contributed by atoms with E-state index in [0.717, 1.165) is 32.6 Å². The average Bonchev–Trinajstić information content (AvgIpc) is 3.08. The van der Waals surface area contributed by atoms with Gasteiger partial charge in [-0.15, -0.1) is 22.7 Å². The van der Waals surface area contributed by atoms with E-state index in [1.165, 1.54) is 26.6 Å². The summed E-state index contributed by atoms with van der Waals surface area (Å²) >= 11 is 3.79. The summed E-state index contributed by atoms with van der Waals surface area (Å²) in [6.45, 7) is 8.75. The van der Waals surface area contributed by atoms with Crippen molar-refractivity contribution in [1.29, 1.82) is 0 Å². The van der Waals surface area contributed by atoms with Gasteiger partial charge in [-0.1, -0.05) is 13.0 Å². The molecule has 0 aliphatic heterocycles. The molecule has 0 saturated heterocycles. The Morgan fingerprint density at radius 2 is 2.14 bits per heavy atom. The molecule has 21 heavy (non-hydrogen) atoms. The summed E-state index contributed by atoms with van der Waals surface area (Å²) in [6, 6.07) is 6.74. The van der Waals surface area contributed by atoms with Gasteiger partial charge in [0.1, 0.15) is 0 Å². The number of hydrogen-bond donors (Lipinski definition) is 1. The molecular weight excluding hydrogens is 296 g/mol. The van der Waals surface area contributed by atoms with Gasteiger partial charge in [-0.3, -0.25) is 0 Å². The smallest absolute Gasteiger partial charge is 0.0299 e. The first-order valence-electron chi connectivity index (χ1n) is 7.69. The van der Waals surface area contributed by atoms with Crippen molar-refractivity contribution in [3.63, 3.8) is 0 Å². The van der Waals surface area contributed by atoms with Gasteiger partial charge in [0.2, 0.25) is 0 Å². The van der Waals surface area contributed by atoms with Gasteiger partial charge >= 0.3 is 0 Å². The maximum atomic E-state index is 3.49. The molecule has 2 aromatic rings. The van der Waals surface area contributed by atoms with Gasteiger partial charge in [-0.2, -0.15) is 0 Å². The first-order chi connectivity index (χ1) is 10.2. The van der Waals surface area contributed by atoms with Crippen LogP contribution in [0.15, 0.2) is 23.6 Å². The van der Waals surface area contributed by atoms with E-state index in [2.05, 4.69) is 54.7 Å². The molecule has 0 amide bonds. The van der Waals surface area contributed by atoms with Crippen molar-refractivity contribution in [3.8, 4) is 0 Å². The largest absolute Gasteiger partial charge is 0.312 e. The molecule has 0 aliphatic carbocycles. The van der Waals surface area contributed by atoms with Gasteiger partial charge < -0.3 is 10.2 Å². The average molecular weight is 323 g/mol. The van der Waals surface area contributed by atoms with Crippen molar-refractivity contribution < 1.29 is 0 Å². The predicted octanol–water partition coefficient (Wildman–Crippen LogP) is 4.29. The predicted molar refractivity (Wildman–Crippen MR) is 95.4 cm³/mol. The molecule has 4 heteroatoms. The molecule has 0 atom stereocenters. The fraction of sp³-hybridized carbons (Fsp3) is 0.529. The zero-order valence-electron chi connectivity index (χ0n) is 13.3. The van der Waals surface area contributed by atoms with Crippen LogP contribution in [0.3, 0.4) is 0 Å². The molecule has 0 radical (unpaired) electrons. The van der Waals surface area contributed by atoms with Crippen molar-refractivity contribution >= 4 is 22.7 Å². The summed E-state index contributed by atoms with van der Waals surface area (Å²) in [5, 5.41) is 5.65. The lowest BCUT2D eigenvalue weighted by molar-refractivity contribution is 0.332. The second kappa shape index (κ2) is 8.69. The standard InChI is InChI=1S/C17H26N2S2/c1-4-8-18-12-17-11-15(14(2)21-17)13-19(3)9-7-16-6-5-10-20-16/h5-6,10-11,18H,4,7-9,12-13H2,1-3H3. The van der Waals surface area contributed by atoms with Crippen LogP contribution in [-0.2, 0) is 19.5 Å². The van der Waals surface area contributed by atoms with E-state index in [1.54, 1.807) is 0 Å². The minimum Gasteiger partial charge on any atom is -0.312 e. The second-order valence-electron chi connectivity index (χ2n) is 5.54. The van der Waals surface area contributed by atoms with Gasteiger partial charge in [0.25, 0.3) is 0 Å². The summed E-state index contributed by atoms with van der Waals surface area (Å²) in [7, 11) is 2.22. The molecule has 2 rings (SSSR count). The molecule has 0 aliphatic rings. The van der Waals surface area contributed by atoms with Crippen LogP contribution >= 0.6 is 22.7 Å². The van der Waals surface area contributed by atoms with Crippen molar-refractivity contribution in [2.75, 3.05) is 20.1 Å². The Kier molecular flexibility index (Phi) is 6.90. The lowest BCUT2D eigenvalue weighted by Crippen LogP contribution is -2.20. The van der Waals surface area contributed by atoms with Crippen molar-refractivity contribution in [2.24, 2.45) is 0 Å². The quantitative estimate of drug-likeness (QED) is 0.693. The highest BCUT2D eigenvalue weighted by Crippen LogP contribution is 2.23. The Hall–Kier alpha value is -0.680. The van der Waals surface area contributed by atoms with E-state index >= 15 is 0 Å². The van der Waals surface area contributed by atoms with Gasteiger partial charge in [0.15, 0.2) is 0 Å². The van der Waals surface area contributed by atoms with Crippen LogP contribution in [0.25, 0.3) is 0 Å². The van der Waals surface area contributed by atoms with Crippen LogP contribution in [0.1, 0.15) is 33.5 Å². The summed E-state index contributed by atoms with van der Waals surface area (Å²) < 4.78 is 0. The monoisotopic (exact) mass is 322 g/mol. The van der Waals surface area contributed by atoms with Gasteiger partial charge in [0, 0.05) is 34.3 Å². The molecule has 0 spiro atoms. The maximum absolute atomic E-state index is 3.49. The van der Waals surface area contributed by atoms with Crippen LogP contribution < -0.4 is 5.32 Å². The van der Waals surface area contributed by atoms with E-state index < -0.39 is 0 Å². The molecule has 2 aromatic heterocycles. The Bertz CT molecular complexity index is 517. The normalized spacial score (nSPS) is 11.4. The topological polar surface area (TPSA) is 15.3 Å². The van der Waals surface area contributed by atoms with Crippen LogP contribution in [0.5, 0.6) is 0 Å². The van der Waals surface area contributed by atoms with E-state index in [4.69, 9.17) is 0 Å². The summed E-state index contributed by atoms with van der Waals surface area (Å²) in [5.74, 6) is 0. The molecule has 0 fully saturated rings. The number of rotatable bonds is 9. The third kappa shape index (κ3) is 5.55. The second-order valence-corrected chi connectivity index (χ2v) is 7.91. The third-order valence-electron chi connectivity index (χ3n) is 3.56. The number of hydrogen-bond acceptors (Lipinski definition) is 4. The van der Waals surface area contributed by atoms with E-state index in [1.807, 2.05) is 22.7 Å². The van der Waals surface area contributed by atoms with Crippen LogP contribution in [0.2, 0.25) is 0 Å². The lowest BCUT2D eigenvalue weighted by Gasteiger charge is -2.15. The summed E-state index contributed by atoms with van der Waals surface area (Å²) in [4.78, 5) is 6.83. The van der Waals surface area contributed by atoms with Gasteiger partial charge in [-0.25, -0.2) is 0 Å². The SMILES string of the molecule is CCCNCc1cc(CN(C)CCc2cccs2)c(C)s1. The van der Waals surface area contributed by atoms with Crippen molar-refractivity contribution in [2.45, 2.75) is 39.8 Å². The number of thiophene rings is 2. The Morgan fingerprint density at radius 3 is 2.86 bits per heavy atom. The highest BCUT2D eigenvalue weighted by Gasteiger charge is 2.08. The molecule has 2 heterocycles. The van der Waals surface area contributed by atoms with Gasteiger partial charge in [0.05, 0.1) is 0 Å². The zero-order valence-corrected chi connectivity index (χ0v) is 14.9. The number of aryl methyl sites for hydroxylation is 1. The maximum Gasteiger partial charge on any atom is 0.0299 e. The van der Waals surface area contributed by atoms with Gasteiger partial charge in [-0.05, 0) is 56.4 Å². The van der Waals surface area contributed by atoms with Crippen LogP contribution in [0, 0.1) is 6.92 Å². The summed E-state index contributed by atoms with van der Waals surface area (Å²) in [5.41, 5.74) is 1.49. The summed E-state index contributed by atoms with van der Waals surface area (Å²) in [6.07, 6.45) is 2.35. The molecule has 0 saturated carbocycles. The fourth-order valence-electron chi connectivity index (χ4n) is 2.35. The zero-order chi connectivity index (χ0) is 15.1. The van der Waals surface area contributed by atoms with E-state index in [-0.39, 0.29) is 0 Å². The fourth-order valence-corrected chi connectivity index (χ4v) is 4.07. The number of nitrogens with zero attached hydrogens (tertiary/aromatic N) is 1. The Labute approximate surface area is 136 Å². The highest BCUT2D eigenvalue weighted by atomic mass is 32.1. The molecule has 2 nitrogen and oxygen atoms in total. The molecule has 0 unspecified atom stereocenters. The minimum atomic E-state index is 1.01. The molecule has 1 N–H and O–H groups in total. The first kappa shape index (κ1) is 16.7. The third-order valence-corrected chi connectivity index (χ3v) is 5.59. The van der Waals surface area contributed by atoms with Crippen LogP contribution in [0.4, 0.5) is 0 Å². The van der Waals surface area contributed by atoms with Crippen molar-refractivity contribution in [1.82, 2.24) is 10.2 Å². The lowest BCUT2D eigenvalue weighted by atomic mass is 10.2. The Morgan fingerprint density at radius 1 is 1.29 bits per heavy atom. The molecular formula is C17H26N2S2. The molecule has 0 bridgehead atoms.